The van der Waals surface area contributed by atoms with Crippen LogP contribution in [0.4, 0.5) is 0 Å². The summed E-state index contributed by atoms with van der Waals surface area (Å²) >= 11 is 3.41. The first-order chi connectivity index (χ1) is 11.2. The van der Waals surface area contributed by atoms with Crippen molar-refractivity contribution in [2.24, 2.45) is 0 Å². The van der Waals surface area contributed by atoms with Crippen molar-refractivity contribution in [1.29, 1.82) is 0 Å². The van der Waals surface area contributed by atoms with Gasteiger partial charge in [0.2, 0.25) is 0 Å². The predicted octanol–water partition coefficient (Wildman–Crippen LogP) is 3.81. The van der Waals surface area contributed by atoms with Gasteiger partial charge in [-0.1, -0.05) is 58.4 Å². The Morgan fingerprint density at radius 2 is 1.70 bits per heavy atom. The maximum atomic E-state index is 12.5. The Kier molecular flexibility index (Phi) is 5.13. The Bertz CT molecular complexity index is 649. The van der Waals surface area contributed by atoms with Gasteiger partial charge >= 0.3 is 5.97 Å². The maximum Gasteiger partial charge on any atom is 0.311 e. The molecule has 2 aromatic carbocycles. The van der Waals surface area contributed by atoms with Crippen LogP contribution in [0.15, 0.2) is 59.1 Å². The molecule has 0 bridgehead atoms. The molecule has 0 amide bonds. The largest absolute Gasteiger partial charge is 0.454 e. The van der Waals surface area contributed by atoms with E-state index in [1.807, 2.05) is 42.5 Å². The smallest absolute Gasteiger partial charge is 0.311 e. The Morgan fingerprint density at radius 1 is 1.04 bits per heavy atom. The van der Waals surface area contributed by atoms with Gasteiger partial charge < -0.3 is 10.1 Å². The van der Waals surface area contributed by atoms with E-state index < -0.39 is 5.60 Å². The van der Waals surface area contributed by atoms with Crippen LogP contribution < -0.4 is 5.32 Å². The molecule has 1 aliphatic heterocycles. The molecular weight excluding hydrogens is 354 g/mol. The zero-order valence-corrected chi connectivity index (χ0v) is 14.5. The summed E-state index contributed by atoms with van der Waals surface area (Å²) in [5.41, 5.74) is 1.56. The van der Waals surface area contributed by atoms with Crippen LogP contribution >= 0.6 is 15.9 Å². The third-order valence-electron chi connectivity index (χ3n) is 4.28. The van der Waals surface area contributed by atoms with Crippen LogP contribution in [0, 0.1) is 0 Å². The maximum absolute atomic E-state index is 12.5. The van der Waals surface area contributed by atoms with Crippen molar-refractivity contribution in [3.8, 4) is 0 Å². The Labute approximate surface area is 145 Å². The van der Waals surface area contributed by atoms with Gasteiger partial charge in [0.05, 0.1) is 6.42 Å². The summed E-state index contributed by atoms with van der Waals surface area (Å²) in [4.78, 5) is 12.5. The fourth-order valence-corrected chi connectivity index (χ4v) is 3.31. The molecule has 0 spiro atoms. The minimum atomic E-state index is -0.501. The lowest BCUT2D eigenvalue weighted by molar-refractivity contribution is -0.163. The third-order valence-corrected chi connectivity index (χ3v) is 4.81. The van der Waals surface area contributed by atoms with E-state index in [1.165, 1.54) is 0 Å². The number of carbonyl (C=O) groups is 1. The van der Waals surface area contributed by atoms with Crippen LogP contribution in [-0.4, -0.2) is 19.1 Å². The number of esters is 1. The molecule has 3 nitrogen and oxygen atoms in total. The van der Waals surface area contributed by atoms with Crippen molar-refractivity contribution < 1.29 is 9.53 Å². The number of benzene rings is 2. The molecule has 1 aliphatic rings. The Balaban J connectivity index is 1.76. The van der Waals surface area contributed by atoms with E-state index in [0.717, 1.165) is 41.5 Å². The molecule has 120 valence electrons. The fourth-order valence-electron chi connectivity index (χ4n) is 3.05. The summed E-state index contributed by atoms with van der Waals surface area (Å²) in [6.07, 6.45) is 1.92. The van der Waals surface area contributed by atoms with Gasteiger partial charge in [-0.15, -0.1) is 0 Å². The highest BCUT2D eigenvalue weighted by Crippen LogP contribution is 2.35. The number of hydrogen-bond donors (Lipinski definition) is 1. The van der Waals surface area contributed by atoms with Crippen LogP contribution in [0.25, 0.3) is 0 Å². The molecule has 0 atom stereocenters. The molecule has 2 aromatic rings. The van der Waals surface area contributed by atoms with Gasteiger partial charge in [0.1, 0.15) is 5.60 Å². The number of nitrogens with one attached hydrogen (secondary N) is 1. The summed E-state index contributed by atoms with van der Waals surface area (Å²) in [6.45, 7) is 1.72. The second-order valence-corrected chi connectivity index (χ2v) is 6.80. The molecule has 0 radical (unpaired) electrons. The predicted molar refractivity (Wildman–Crippen MR) is 94.2 cm³/mol. The second-order valence-electron chi connectivity index (χ2n) is 5.89. The highest BCUT2D eigenvalue weighted by atomic mass is 79.9. The number of hydrogen-bond acceptors (Lipinski definition) is 3. The van der Waals surface area contributed by atoms with Gasteiger partial charge in [-0.25, -0.2) is 0 Å². The Hall–Kier alpha value is -1.65. The molecule has 23 heavy (non-hydrogen) atoms. The van der Waals surface area contributed by atoms with Crippen LogP contribution in [0.1, 0.15) is 24.0 Å². The van der Waals surface area contributed by atoms with E-state index >= 15 is 0 Å². The second kappa shape index (κ2) is 7.28. The molecule has 1 saturated heterocycles. The van der Waals surface area contributed by atoms with Crippen LogP contribution in [0.2, 0.25) is 0 Å². The van der Waals surface area contributed by atoms with Crippen LogP contribution in [0.5, 0.6) is 0 Å². The lowest BCUT2D eigenvalue weighted by Gasteiger charge is -2.37. The topological polar surface area (TPSA) is 38.3 Å². The van der Waals surface area contributed by atoms with Crippen molar-refractivity contribution in [3.63, 3.8) is 0 Å². The van der Waals surface area contributed by atoms with Crippen molar-refractivity contribution >= 4 is 21.9 Å². The number of carbonyl (C=O) groups excluding carboxylic acids is 1. The van der Waals surface area contributed by atoms with E-state index in [0.29, 0.717) is 6.42 Å². The minimum Gasteiger partial charge on any atom is -0.454 e. The average molecular weight is 374 g/mol. The zero-order chi connectivity index (χ0) is 16.1. The first kappa shape index (κ1) is 16.2. The van der Waals surface area contributed by atoms with E-state index in [1.54, 1.807) is 0 Å². The van der Waals surface area contributed by atoms with Crippen molar-refractivity contribution in [1.82, 2.24) is 5.32 Å². The van der Waals surface area contributed by atoms with Gasteiger partial charge in [0.25, 0.3) is 0 Å². The van der Waals surface area contributed by atoms with Crippen molar-refractivity contribution in [2.75, 3.05) is 13.1 Å². The van der Waals surface area contributed by atoms with Crippen LogP contribution in [-0.2, 0) is 21.6 Å². The van der Waals surface area contributed by atoms with Crippen molar-refractivity contribution in [2.45, 2.75) is 24.9 Å². The third kappa shape index (κ3) is 4.01. The summed E-state index contributed by atoms with van der Waals surface area (Å²) < 4.78 is 7.02. The average Bonchev–Trinajstić information content (AvgIpc) is 2.58. The number of ether oxygens (including phenoxy) is 1. The zero-order valence-electron chi connectivity index (χ0n) is 12.9. The number of halogens is 1. The first-order valence-electron chi connectivity index (χ1n) is 7.90. The molecule has 0 aromatic heterocycles. The molecule has 1 fully saturated rings. The quantitative estimate of drug-likeness (QED) is 0.828. The summed E-state index contributed by atoms with van der Waals surface area (Å²) in [6, 6.07) is 17.9. The molecule has 4 heteroatoms. The van der Waals surface area contributed by atoms with Gasteiger partial charge in [0, 0.05) is 17.3 Å². The van der Waals surface area contributed by atoms with Gasteiger partial charge in [-0.2, -0.15) is 0 Å². The van der Waals surface area contributed by atoms with Gasteiger partial charge in [-0.05, 0) is 36.3 Å². The first-order valence-corrected chi connectivity index (χ1v) is 8.70. The summed E-state index contributed by atoms with van der Waals surface area (Å²) in [7, 11) is 0. The van der Waals surface area contributed by atoms with Gasteiger partial charge in [-0.3, -0.25) is 4.79 Å². The van der Waals surface area contributed by atoms with Gasteiger partial charge in [0.15, 0.2) is 0 Å². The molecule has 3 rings (SSSR count). The molecule has 0 saturated carbocycles. The molecule has 0 unspecified atom stereocenters. The molecular formula is C19H20BrNO2. The highest BCUT2D eigenvalue weighted by molar-refractivity contribution is 9.10. The SMILES string of the molecule is O=C(Cc1ccc(Br)cc1)OC1(c2ccccc2)CCNCC1. The lowest BCUT2D eigenvalue weighted by Crippen LogP contribution is -2.43. The van der Waals surface area contributed by atoms with E-state index in [-0.39, 0.29) is 5.97 Å². The summed E-state index contributed by atoms with van der Waals surface area (Å²) in [5, 5.41) is 3.34. The molecule has 1 N–H and O–H groups in total. The monoisotopic (exact) mass is 373 g/mol. The Morgan fingerprint density at radius 3 is 2.35 bits per heavy atom. The minimum absolute atomic E-state index is 0.168. The molecule has 1 heterocycles. The fraction of sp³-hybridized carbons (Fsp3) is 0.316. The van der Waals surface area contributed by atoms with Crippen molar-refractivity contribution in [3.05, 3.63) is 70.2 Å². The standard InChI is InChI=1S/C19H20BrNO2/c20-17-8-6-15(7-9-17)14-18(22)23-19(10-12-21-13-11-19)16-4-2-1-3-5-16/h1-9,21H,10-14H2. The summed E-state index contributed by atoms with van der Waals surface area (Å²) in [5.74, 6) is -0.168. The van der Waals surface area contributed by atoms with E-state index in [2.05, 4.69) is 33.4 Å². The van der Waals surface area contributed by atoms with E-state index in [4.69, 9.17) is 4.74 Å². The van der Waals surface area contributed by atoms with E-state index in [9.17, 15) is 4.79 Å². The number of piperidine rings is 1. The number of rotatable bonds is 4. The lowest BCUT2D eigenvalue weighted by atomic mass is 9.84. The normalized spacial score (nSPS) is 16.7. The highest BCUT2D eigenvalue weighted by Gasteiger charge is 2.37. The molecule has 0 aliphatic carbocycles. The van der Waals surface area contributed by atoms with Crippen LogP contribution in [0.3, 0.4) is 0 Å².